The largest absolute Gasteiger partial charge is 0.483 e. The van der Waals surface area contributed by atoms with Crippen molar-refractivity contribution in [2.45, 2.75) is 27.2 Å². The minimum Gasteiger partial charge on any atom is -0.483 e. The van der Waals surface area contributed by atoms with Crippen LogP contribution in [-0.4, -0.2) is 22.2 Å². The van der Waals surface area contributed by atoms with Crippen LogP contribution in [0.1, 0.15) is 22.9 Å². The fourth-order valence-electron chi connectivity index (χ4n) is 2.40. The van der Waals surface area contributed by atoms with E-state index in [1.807, 2.05) is 45.0 Å². The van der Waals surface area contributed by atoms with E-state index >= 15 is 0 Å². The molecule has 0 radical (unpaired) electrons. The molecule has 0 spiro atoms. The van der Waals surface area contributed by atoms with Crippen LogP contribution in [0.4, 0.5) is 0 Å². The summed E-state index contributed by atoms with van der Waals surface area (Å²) in [5.74, 6) is 0.233. The molecule has 0 fully saturated rings. The van der Waals surface area contributed by atoms with Crippen LogP contribution in [0.5, 0.6) is 5.75 Å². The maximum atomic E-state index is 12.4. The van der Waals surface area contributed by atoms with E-state index in [4.69, 9.17) is 4.74 Å². The van der Waals surface area contributed by atoms with E-state index in [1.165, 1.54) is 17.7 Å². The van der Waals surface area contributed by atoms with Gasteiger partial charge in [0.1, 0.15) is 16.9 Å². The summed E-state index contributed by atoms with van der Waals surface area (Å²) in [6.07, 6.45) is 2.17. The maximum Gasteiger partial charge on any atom is 0.280 e. The number of fused-ring (bicyclic) bond motifs is 1. The third-order valence-electron chi connectivity index (χ3n) is 3.80. The molecule has 3 aromatic rings. The van der Waals surface area contributed by atoms with Gasteiger partial charge < -0.3 is 4.74 Å². The Hall–Kier alpha value is -2.67. The lowest BCUT2D eigenvalue weighted by Crippen LogP contribution is -2.35. The van der Waals surface area contributed by atoms with Gasteiger partial charge in [-0.3, -0.25) is 15.0 Å². The maximum absolute atomic E-state index is 12.4. The Balaban J connectivity index is 1.72. The number of aryl methyl sites for hydroxylation is 3. The number of amides is 1. The zero-order valence-electron chi connectivity index (χ0n) is 14.3. The van der Waals surface area contributed by atoms with E-state index in [2.05, 4.69) is 10.4 Å². The Kier molecular flexibility index (Phi) is 4.85. The van der Waals surface area contributed by atoms with Crippen LogP contribution >= 0.6 is 11.3 Å². The zero-order valence-corrected chi connectivity index (χ0v) is 15.1. The first-order valence-corrected chi connectivity index (χ1v) is 8.79. The van der Waals surface area contributed by atoms with Crippen LogP contribution in [0, 0.1) is 13.8 Å². The monoisotopic (exact) mass is 357 g/mol. The fraction of sp³-hybridized carbons (Fsp3) is 0.278. The van der Waals surface area contributed by atoms with E-state index in [-0.39, 0.29) is 12.2 Å². The van der Waals surface area contributed by atoms with Crippen molar-refractivity contribution in [3.63, 3.8) is 0 Å². The van der Waals surface area contributed by atoms with Crippen molar-refractivity contribution in [3.05, 3.63) is 57.0 Å². The highest BCUT2D eigenvalue weighted by molar-refractivity contribution is 7.18. The van der Waals surface area contributed by atoms with Crippen molar-refractivity contribution in [1.82, 2.24) is 9.66 Å². The first-order chi connectivity index (χ1) is 12.0. The summed E-state index contributed by atoms with van der Waals surface area (Å²) in [6, 6.07) is 7.62. The molecule has 6 nitrogen and oxygen atoms in total. The van der Waals surface area contributed by atoms with Crippen molar-refractivity contribution < 1.29 is 9.53 Å². The summed E-state index contributed by atoms with van der Waals surface area (Å²) in [5, 5.41) is 0.514. The number of hydrogen-bond donors (Lipinski definition) is 1. The molecule has 0 aliphatic rings. The number of benzene rings is 1. The Morgan fingerprint density at radius 2 is 2.12 bits per heavy atom. The minimum atomic E-state index is -0.421. The van der Waals surface area contributed by atoms with Crippen LogP contribution in [-0.2, 0) is 11.2 Å². The Bertz CT molecular complexity index is 991. The fourth-order valence-corrected chi connectivity index (χ4v) is 3.32. The van der Waals surface area contributed by atoms with Gasteiger partial charge in [0.15, 0.2) is 6.61 Å². The first kappa shape index (κ1) is 17.2. The number of ether oxygens (including phenoxy) is 1. The summed E-state index contributed by atoms with van der Waals surface area (Å²) in [4.78, 5) is 30.5. The Morgan fingerprint density at radius 3 is 2.88 bits per heavy atom. The number of hydrogen-bond acceptors (Lipinski definition) is 5. The number of nitrogens with one attached hydrogen (secondary N) is 1. The summed E-state index contributed by atoms with van der Waals surface area (Å²) < 4.78 is 6.66. The van der Waals surface area contributed by atoms with E-state index < -0.39 is 5.91 Å². The molecule has 130 valence electrons. The van der Waals surface area contributed by atoms with Crippen molar-refractivity contribution >= 4 is 27.5 Å². The lowest BCUT2D eigenvalue weighted by atomic mass is 10.1. The Morgan fingerprint density at radius 1 is 1.32 bits per heavy atom. The quantitative estimate of drug-likeness (QED) is 0.762. The second-order valence-corrected chi connectivity index (χ2v) is 6.91. The number of thiophene rings is 1. The van der Waals surface area contributed by atoms with E-state index in [0.29, 0.717) is 16.0 Å². The molecule has 0 aliphatic heterocycles. The van der Waals surface area contributed by atoms with Gasteiger partial charge in [-0.05, 0) is 43.5 Å². The summed E-state index contributed by atoms with van der Waals surface area (Å²) in [6.45, 7) is 5.71. The predicted molar refractivity (Wildman–Crippen MR) is 99.0 cm³/mol. The highest BCUT2D eigenvalue weighted by Gasteiger charge is 2.11. The molecule has 0 aliphatic carbocycles. The number of rotatable bonds is 5. The van der Waals surface area contributed by atoms with E-state index in [1.54, 1.807) is 0 Å². The van der Waals surface area contributed by atoms with Crippen LogP contribution < -0.4 is 15.7 Å². The number of carbonyl (C=O) groups excluding carboxylic acids is 1. The van der Waals surface area contributed by atoms with Gasteiger partial charge in [0.2, 0.25) is 0 Å². The predicted octanol–water partition coefficient (Wildman–Crippen LogP) is 2.79. The van der Waals surface area contributed by atoms with Gasteiger partial charge >= 0.3 is 0 Å². The first-order valence-electron chi connectivity index (χ1n) is 7.98. The third-order valence-corrected chi connectivity index (χ3v) is 4.99. The number of carbonyl (C=O) groups is 1. The lowest BCUT2D eigenvalue weighted by molar-refractivity contribution is -0.119. The molecule has 0 bridgehead atoms. The minimum absolute atomic E-state index is 0.182. The highest BCUT2D eigenvalue weighted by Crippen LogP contribution is 2.21. The molecule has 3 rings (SSSR count). The van der Waals surface area contributed by atoms with Gasteiger partial charge in [0, 0.05) is 4.88 Å². The van der Waals surface area contributed by atoms with Crippen molar-refractivity contribution in [3.8, 4) is 5.75 Å². The van der Waals surface area contributed by atoms with Gasteiger partial charge in [0.05, 0.1) is 5.39 Å². The number of aromatic nitrogens is 2. The number of nitrogens with zero attached hydrogens (tertiary/aromatic N) is 2. The summed E-state index contributed by atoms with van der Waals surface area (Å²) >= 11 is 1.49. The molecule has 0 saturated heterocycles. The molecule has 2 heterocycles. The molecular formula is C18H19N3O3S. The topological polar surface area (TPSA) is 73.2 Å². The van der Waals surface area contributed by atoms with Crippen molar-refractivity contribution in [1.29, 1.82) is 0 Å². The zero-order chi connectivity index (χ0) is 18.0. The molecular weight excluding hydrogens is 338 g/mol. The van der Waals surface area contributed by atoms with Gasteiger partial charge in [-0.25, -0.2) is 9.66 Å². The SMILES string of the molecule is CCc1cc2c(=O)n(NC(=O)COc3cc(C)ccc3C)cnc2s1. The van der Waals surface area contributed by atoms with Gasteiger partial charge in [-0.15, -0.1) is 11.3 Å². The second kappa shape index (κ2) is 7.06. The third kappa shape index (κ3) is 3.71. The molecule has 25 heavy (non-hydrogen) atoms. The standard InChI is InChI=1S/C18H19N3O3S/c1-4-13-8-14-17(25-13)19-10-21(18(14)23)20-16(22)9-24-15-7-11(2)5-6-12(15)3/h5-8,10H,4,9H2,1-3H3,(H,20,22). The van der Waals surface area contributed by atoms with Crippen LogP contribution in [0.2, 0.25) is 0 Å². The second-order valence-electron chi connectivity index (χ2n) is 5.80. The van der Waals surface area contributed by atoms with Crippen LogP contribution in [0.25, 0.3) is 10.2 Å². The van der Waals surface area contributed by atoms with Crippen LogP contribution in [0.3, 0.4) is 0 Å². The van der Waals surface area contributed by atoms with Crippen molar-refractivity contribution in [2.24, 2.45) is 0 Å². The van der Waals surface area contributed by atoms with Crippen LogP contribution in [0.15, 0.2) is 35.4 Å². The average molecular weight is 357 g/mol. The van der Waals surface area contributed by atoms with Crippen molar-refractivity contribution in [2.75, 3.05) is 12.0 Å². The molecule has 2 aromatic heterocycles. The summed E-state index contributed by atoms with van der Waals surface area (Å²) in [7, 11) is 0. The summed E-state index contributed by atoms with van der Waals surface area (Å²) in [5.41, 5.74) is 4.23. The molecule has 7 heteroatoms. The highest BCUT2D eigenvalue weighted by atomic mass is 32.1. The lowest BCUT2D eigenvalue weighted by Gasteiger charge is -2.11. The molecule has 1 amide bonds. The van der Waals surface area contributed by atoms with Gasteiger partial charge in [0.25, 0.3) is 11.5 Å². The normalized spacial score (nSPS) is 10.8. The van der Waals surface area contributed by atoms with E-state index in [9.17, 15) is 9.59 Å². The molecule has 1 N–H and O–H groups in total. The molecule has 0 saturated carbocycles. The van der Waals surface area contributed by atoms with Gasteiger partial charge in [-0.1, -0.05) is 19.1 Å². The smallest absolute Gasteiger partial charge is 0.280 e. The van der Waals surface area contributed by atoms with Gasteiger partial charge in [-0.2, -0.15) is 0 Å². The molecule has 0 unspecified atom stereocenters. The molecule has 1 aromatic carbocycles. The van der Waals surface area contributed by atoms with E-state index in [0.717, 1.165) is 27.1 Å². The average Bonchev–Trinajstić information content (AvgIpc) is 3.02. The Labute approximate surface area is 149 Å². The molecule has 0 atom stereocenters.